The molecule has 0 aliphatic heterocycles. The molecule has 2 atom stereocenters. The van der Waals surface area contributed by atoms with E-state index in [1.165, 1.54) is 12.1 Å². The van der Waals surface area contributed by atoms with E-state index in [0.717, 1.165) is 19.3 Å². The minimum Gasteiger partial charge on any atom is -0.464 e. The summed E-state index contributed by atoms with van der Waals surface area (Å²) < 4.78 is 47.5. The van der Waals surface area contributed by atoms with Gasteiger partial charge >= 0.3 is 12.4 Å². The highest BCUT2D eigenvalue weighted by atomic mass is 19.3. The monoisotopic (exact) mass is 415 g/mol. The standard InChI is InChI=1S/C21H28F3NO4/c1-4-28-20(27)21(10-6-5-7-11-21)25-19(26)14(3)16-9-8-15(12-13(16)2)29-18(24)17(22)23/h8-9,12,14,17-18H,4-7,10-11H2,1-3H3,(H,25,26). The molecular formula is C21H28F3NO4. The van der Waals surface area contributed by atoms with E-state index < -0.39 is 30.2 Å². The Morgan fingerprint density at radius 3 is 2.38 bits per heavy atom. The van der Waals surface area contributed by atoms with E-state index in [4.69, 9.17) is 4.74 Å². The summed E-state index contributed by atoms with van der Waals surface area (Å²) in [6.45, 7) is 5.34. The number of amides is 1. The normalized spacial score (nSPS) is 18.0. The number of hydrogen-bond donors (Lipinski definition) is 1. The average molecular weight is 415 g/mol. The second-order valence-corrected chi connectivity index (χ2v) is 7.40. The molecule has 1 aliphatic rings. The van der Waals surface area contributed by atoms with Gasteiger partial charge < -0.3 is 14.8 Å². The van der Waals surface area contributed by atoms with Crippen molar-refractivity contribution in [2.45, 2.75) is 77.1 Å². The molecule has 0 saturated heterocycles. The van der Waals surface area contributed by atoms with Gasteiger partial charge in [0, 0.05) is 0 Å². The maximum Gasteiger partial charge on any atom is 0.331 e. The zero-order valence-corrected chi connectivity index (χ0v) is 17.0. The molecule has 2 unspecified atom stereocenters. The molecule has 1 aromatic rings. The van der Waals surface area contributed by atoms with Crippen molar-refractivity contribution in [3.8, 4) is 5.75 Å². The van der Waals surface area contributed by atoms with Gasteiger partial charge in [-0.15, -0.1) is 0 Å². The first-order chi connectivity index (χ1) is 13.7. The Kier molecular flexibility index (Phi) is 7.93. The van der Waals surface area contributed by atoms with Crippen LogP contribution in [0.5, 0.6) is 5.75 Å². The Morgan fingerprint density at radius 1 is 1.17 bits per heavy atom. The average Bonchev–Trinajstić information content (AvgIpc) is 2.68. The molecule has 1 amide bonds. The van der Waals surface area contributed by atoms with E-state index in [9.17, 15) is 22.8 Å². The first-order valence-corrected chi connectivity index (χ1v) is 9.89. The highest BCUT2D eigenvalue weighted by Crippen LogP contribution is 2.32. The van der Waals surface area contributed by atoms with Gasteiger partial charge in [0.1, 0.15) is 11.3 Å². The zero-order valence-electron chi connectivity index (χ0n) is 17.0. The second kappa shape index (κ2) is 9.98. The van der Waals surface area contributed by atoms with Crippen molar-refractivity contribution in [1.82, 2.24) is 5.32 Å². The predicted octanol–water partition coefficient (Wildman–Crippen LogP) is 4.42. The molecule has 2 rings (SSSR count). The number of ether oxygens (including phenoxy) is 2. The second-order valence-electron chi connectivity index (χ2n) is 7.40. The molecule has 1 aromatic carbocycles. The van der Waals surface area contributed by atoms with Crippen LogP contribution in [0.3, 0.4) is 0 Å². The van der Waals surface area contributed by atoms with Crippen LogP contribution in [0.1, 0.15) is 63.0 Å². The van der Waals surface area contributed by atoms with Crippen LogP contribution in [0.25, 0.3) is 0 Å². The summed E-state index contributed by atoms with van der Waals surface area (Å²) in [4.78, 5) is 25.5. The fraction of sp³-hybridized carbons (Fsp3) is 0.619. The molecule has 0 aromatic heterocycles. The number of rotatable bonds is 8. The number of aryl methyl sites for hydroxylation is 1. The molecule has 0 radical (unpaired) electrons. The third-order valence-corrected chi connectivity index (χ3v) is 5.28. The Morgan fingerprint density at radius 2 is 1.83 bits per heavy atom. The van der Waals surface area contributed by atoms with E-state index in [2.05, 4.69) is 10.1 Å². The fourth-order valence-electron chi connectivity index (χ4n) is 3.68. The van der Waals surface area contributed by atoms with Gasteiger partial charge in [-0.3, -0.25) is 4.79 Å². The zero-order chi connectivity index (χ0) is 21.6. The number of carbonyl (C=O) groups is 2. The summed E-state index contributed by atoms with van der Waals surface area (Å²) in [7, 11) is 0. The van der Waals surface area contributed by atoms with Crippen molar-refractivity contribution in [2.24, 2.45) is 0 Å². The number of halogens is 3. The number of carbonyl (C=O) groups excluding carboxylic acids is 2. The van der Waals surface area contributed by atoms with Gasteiger partial charge in [-0.2, -0.15) is 4.39 Å². The molecule has 0 bridgehead atoms. The summed E-state index contributed by atoms with van der Waals surface area (Å²) in [5.41, 5.74) is 0.215. The Balaban J connectivity index is 2.15. The van der Waals surface area contributed by atoms with Gasteiger partial charge in [-0.25, -0.2) is 13.6 Å². The lowest BCUT2D eigenvalue weighted by atomic mass is 9.81. The summed E-state index contributed by atoms with van der Waals surface area (Å²) in [5.74, 6) is -1.38. The number of hydrogen-bond acceptors (Lipinski definition) is 4. The van der Waals surface area contributed by atoms with Crippen LogP contribution in [0, 0.1) is 6.92 Å². The van der Waals surface area contributed by atoms with Crippen molar-refractivity contribution in [3.05, 3.63) is 29.3 Å². The van der Waals surface area contributed by atoms with E-state index in [0.29, 0.717) is 24.0 Å². The summed E-state index contributed by atoms with van der Waals surface area (Å²) in [5, 5.41) is 2.90. The van der Waals surface area contributed by atoms with Crippen molar-refractivity contribution in [3.63, 3.8) is 0 Å². The molecule has 1 saturated carbocycles. The smallest absolute Gasteiger partial charge is 0.331 e. The Labute approximate surface area is 168 Å². The summed E-state index contributed by atoms with van der Waals surface area (Å²) in [6, 6.07) is 4.31. The lowest BCUT2D eigenvalue weighted by Gasteiger charge is -2.36. The van der Waals surface area contributed by atoms with Crippen LogP contribution < -0.4 is 10.1 Å². The van der Waals surface area contributed by atoms with Crippen molar-refractivity contribution in [2.75, 3.05) is 6.61 Å². The van der Waals surface area contributed by atoms with Crippen molar-refractivity contribution >= 4 is 11.9 Å². The van der Waals surface area contributed by atoms with E-state index in [1.807, 2.05) is 0 Å². The molecular weight excluding hydrogens is 387 g/mol. The topological polar surface area (TPSA) is 64.6 Å². The van der Waals surface area contributed by atoms with E-state index >= 15 is 0 Å². The van der Waals surface area contributed by atoms with Crippen LogP contribution in [0.15, 0.2) is 18.2 Å². The predicted molar refractivity (Wildman–Crippen MR) is 102 cm³/mol. The van der Waals surface area contributed by atoms with Gasteiger partial charge in [-0.1, -0.05) is 25.3 Å². The van der Waals surface area contributed by atoms with Crippen LogP contribution in [-0.2, 0) is 14.3 Å². The Hall–Kier alpha value is -2.25. The molecule has 0 spiro atoms. The number of esters is 1. The fourth-order valence-corrected chi connectivity index (χ4v) is 3.68. The van der Waals surface area contributed by atoms with Crippen molar-refractivity contribution < 1.29 is 32.2 Å². The van der Waals surface area contributed by atoms with E-state index in [-0.39, 0.29) is 18.3 Å². The Bertz CT molecular complexity index is 720. The molecule has 8 heteroatoms. The molecule has 29 heavy (non-hydrogen) atoms. The van der Waals surface area contributed by atoms with Gasteiger partial charge in [0.25, 0.3) is 6.36 Å². The van der Waals surface area contributed by atoms with E-state index in [1.54, 1.807) is 26.8 Å². The first kappa shape index (κ1) is 23.0. The van der Waals surface area contributed by atoms with Crippen LogP contribution >= 0.6 is 0 Å². The maximum absolute atomic E-state index is 13.1. The molecule has 1 N–H and O–H groups in total. The maximum atomic E-state index is 13.1. The molecule has 1 fully saturated rings. The number of alkyl halides is 3. The summed E-state index contributed by atoms with van der Waals surface area (Å²) >= 11 is 0. The quantitative estimate of drug-likeness (QED) is 0.639. The highest BCUT2D eigenvalue weighted by molar-refractivity contribution is 5.91. The molecule has 0 heterocycles. The largest absolute Gasteiger partial charge is 0.464 e. The van der Waals surface area contributed by atoms with Gasteiger partial charge in [0.05, 0.1) is 12.5 Å². The van der Waals surface area contributed by atoms with Crippen LogP contribution in [-0.4, -0.2) is 36.8 Å². The lowest BCUT2D eigenvalue weighted by Crippen LogP contribution is -2.57. The third-order valence-electron chi connectivity index (χ3n) is 5.28. The van der Waals surface area contributed by atoms with Crippen LogP contribution in [0.2, 0.25) is 0 Å². The SMILES string of the molecule is CCOC(=O)C1(NC(=O)C(C)c2ccc(OC(F)C(F)F)cc2C)CCCCC1. The number of nitrogens with one attached hydrogen (secondary N) is 1. The van der Waals surface area contributed by atoms with Gasteiger partial charge in [0.15, 0.2) is 0 Å². The third kappa shape index (κ3) is 5.64. The summed E-state index contributed by atoms with van der Waals surface area (Å²) in [6.07, 6.45) is -2.24. The highest BCUT2D eigenvalue weighted by Gasteiger charge is 2.43. The minimum absolute atomic E-state index is 0.0399. The molecule has 1 aliphatic carbocycles. The first-order valence-electron chi connectivity index (χ1n) is 9.89. The van der Waals surface area contributed by atoms with Crippen LogP contribution in [0.4, 0.5) is 13.2 Å². The number of benzene rings is 1. The lowest BCUT2D eigenvalue weighted by molar-refractivity contribution is -0.155. The van der Waals surface area contributed by atoms with Gasteiger partial charge in [-0.05, 0) is 56.9 Å². The molecule has 162 valence electrons. The van der Waals surface area contributed by atoms with Crippen molar-refractivity contribution in [1.29, 1.82) is 0 Å². The minimum atomic E-state index is -3.24. The molecule has 5 nitrogen and oxygen atoms in total. The van der Waals surface area contributed by atoms with Gasteiger partial charge in [0.2, 0.25) is 5.91 Å².